The van der Waals surface area contributed by atoms with Crippen LogP contribution in [0.25, 0.3) is 6.08 Å². The average Bonchev–Trinajstić information content (AvgIpc) is 2.64. The number of allylic oxidation sites excluding steroid dienone is 1. The summed E-state index contributed by atoms with van der Waals surface area (Å²) in [4.78, 5) is 0. The topological polar surface area (TPSA) is 20.2 Å². The van der Waals surface area contributed by atoms with Crippen LogP contribution in [0, 0.1) is 19.8 Å². The van der Waals surface area contributed by atoms with Gasteiger partial charge in [-0.2, -0.15) is 13.2 Å². The molecule has 1 atom stereocenters. The van der Waals surface area contributed by atoms with Crippen LogP contribution in [0.3, 0.4) is 0 Å². The van der Waals surface area contributed by atoms with Gasteiger partial charge in [0.1, 0.15) is 5.75 Å². The van der Waals surface area contributed by atoms with E-state index in [2.05, 4.69) is 19.9 Å². The summed E-state index contributed by atoms with van der Waals surface area (Å²) in [5, 5.41) is 9.88. The molecule has 0 fully saturated rings. The van der Waals surface area contributed by atoms with E-state index in [1.54, 1.807) is 12.1 Å². The van der Waals surface area contributed by atoms with Crippen LogP contribution >= 0.6 is 0 Å². The summed E-state index contributed by atoms with van der Waals surface area (Å²) in [5.74, 6) is -1.20. The molecule has 4 heteroatoms. The van der Waals surface area contributed by atoms with Gasteiger partial charge in [-0.15, -0.1) is 0 Å². The third-order valence-corrected chi connectivity index (χ3v) is 5.86. The van der Waals surface area contributed by atoms with E-state index in [9.17, 15) is 18.3 Å². The zero-order chi connectivity index (χ0) is 21.1. The number of aromatic hydroxyl groups is 1. The quantitative estimate of drug-likeness (QED) is 0.547. The summed E-state index contributed by atoms with van der Waals surface area (Å²) in [6, 6.07) is 11.7. The maximum atomic E-state index is 12.7. The lowest BCUT2D eigenvalue weighted by Crippen LogP contribution is -2.26. The van der Waals surface area contributed by atoms with Gasteiger partial charge in [-0.25, -0.2) is 0 Å². The Balaban J connectivity index is 2.45. The van der Waals surface area contributed by atoms with Crippen LogP contribution in [0.1, 0.15) is 61.4 Å². The summed E-state index contributed by atoms with van der Waals surface area (Å²) in [7, 11) is 0. The van der Waals surface area contributed by atoms with Crippen LogP contribution in [-0.4, -0.2) is 11.3 Å². The molecule has 2 aromatic rings. The highest BCUT2D eigenvalue weighted by atomic mass is 19.4. The highest BCUT2D eigenvalue weighted by Gasteiger charge is 2.34. The molecule has 2 aromatic carbocycles. The molecule has 1 N–H and O–H groups in total. The number of rotatable bonds is 6. The smallest absolute Gasteiger partial charge is 0.394 e. The number of benzene rings is 2. The molecule has 0 aliphatic rings. The molecule has 0 saturated carbocycles. The Labute approximate surface area is 165 Å². The normalized spacial score (nSPS) is 13.9. The van der Waals surface area contributed by atoms with Crippen molar-refractivity contribution in [3.63, 3.8) is 0 Å². The highest BCUT2D eigenvalue weighted by molar-refractivity contribution is 5.56. The lowest BCUT2D eigenvalue weighted by molar-refractivity contribution is -0.156. The van der Waals surface area contributed by atoms with E-state index in [0.29, 0.717) is 0 Å². The van der Waals surface area contributed by atoms with Gasteiger partial charge in [0.05, 0.1) is 5.92 Å². The van der Waals surface area contributed by atoms with Crippen molar-refractivity contribution in [3.8, 4) is 5.75 Å². The summed E-state index contributed by atoms with van der Waals surface area (Å²) >= 11 is 0. The van der Waals surface area contributed by atoms with Crippen LogP contribution < -0.4 is 0 Å². The summed E-state index contributed by atoms with van der Waals surface area (Å²) < 4.78 is 38.2. The standard InChI is InChI=1S/C24H29F3O/c1-6-23(7-2,21-12-13-22(28)17(4)15-21)20-11-10-19(16(3)14-20)9-8-18(5)24(25,26)27/h8-15,18,28H,6-7H2,1-5H3/b9-8+. The molecule has 1 unspecified atom stereocenters. The van der Waals surface area contributed by atoms with Crippen molar-refractivity contribution in [1.29, 1.82) is 0 Å². The summed E-state index contributed by atoms with van der Waals surface area (Å²) in [6.07, 6.45) is 0.307. The Morgan fingerprint density at radius 3 is 1.93 bits per heavy atom. The molecule has 28 heavy (non-hydrogen) atoms. The van der Waals surface area contributed by atoms with Crippen molar-refractivity contribution in [3.05, 3.63) is 70.3 Å². The predicted octanol–water partition coefficient (Wildman–Crippen LogP) is 7.33. The van der Waals surface area contributed by atoms with E-state index in [1.807, 2.05) is 38.1 Å². The molecule has 0 aliphatic heterocycles. The van der Waals surface area contributed by atoms with Gasteiger partial charge in [0.25, 0.3) is 0 Å². The van der Waals surface area contributed by atoms with Crippen LogP contribution in [-0.2, 0) is 5.41 Å². The molecule has 0 radical (unpaired) electrons. The molecular formula is C24H29F3O. The van der Waals surface area contributed by atoms with Gasteiger partial charge in [-0.1, -0.05) is 63.3 Å². The minimum atomic E-state index is -4.22. The maximum absolute atomic E-state index is 12.7. The Morgan fingerprint density at radius 2 is 1.46 bits per heavy atom. The van der Waals surface area contributed by atoms with Crippen molar-refractivity contribution in [2.75, 3.05) is 0 Å². The first-order chi connectivity index (χ1) is 13.0. The Bertz CT molecular complexity index is 845. The van der Waals surface area contributed by atoms with Crippen LogP contribution in [0.2, 0.25) is 0 Å². The van der Waals surface area contributed by atoms with Crippen molar-refractivity contribution in [2.45, 2.75) is 59.1 Å². The molecule has 2 rings (SSSR count). The first-order valence-electron chi connectivity index (χ1n) is 9.71. The highest BCUT2D eigenvalue weighted by Crippen LogP contribution is 2.41. The molecule has 0 aromatic heterocycles. The average molecular weight is 390 g/mol. The van der Waals surface area contributed by atoms with Gasteiger partial charge in [0.2, 0.25) is 0 Å². The first kappa shape index (κ1) is 22.1. The second-order valence-electron chi connectivity index (χ2n) is 7.55. The number of alkyl halides is 3. The van der Waals surface area contributed by atoms with Crippen LogP contribution in [0.5, 0.6) is 5.75 Å². The Kier molecular flexibility index (Phi) is 6.63. The van der Waals surface area contributed by atoms with Gasteiger partial charge in [-0.05, 0) is 60.6 Å². The third-order valence-electron chi connectivity index (χ3n) is 5.86. The SMILES string of the molecule is CCC(CC)(c1ccc(O)c(C)c1)c1ccc(/C=C/C(C)C(F)(F)F)c(C)c1. The van der Waals surface area contributed by atoms with E-state index in [-0.39, 0.29) is 11.2 Å². The summed E-state index contributed by atoms with van der Waals surface area (Å²) in [6.45, 7) is 9.25. The number of hydrogen-bond donors (Lipinski definition) is 1. The Morgan fingerprint density at radius 1 is 0.929 bits per heavy atom. The second-order valence-corrected chi connectivity index (χ2v) is 7.55. The zero-order valence-corrected chi connectivity index (χ0v) is 17.2. The third kappa shape index (κ3) is 4.43. The molecule has 0 amide bonds. The lowest BCUT2D eigenvalue weighted by Gasteiger charge is -2.34. The number of aryl methyl sites for hydroxylation is 2. The van der Waals surface area contributed by atoms with Crippen LogP contribution in [0.15, 0.2) is 42.5 Å². The second kappa shape index (κ2) is 8.42. The van der Waals surface area contributed by atoms with Crippen molar-refractivity contribution in [1.82, 2.24) is 0 Å². The van der Waals surface area contributed by atoms with E-state index in [4.69, 9.17) is 0 Å². The van der Waals surface area contributed by atoms with Crippen molar-refractivity contribution >= 4 is 6.08 Å². The van der Waals surface area contributed by atoms with E-state index >= 15 is 0 Å². The van der Waals surface area contributed by atoms with E-state index in [1.165, 1.54) is 6.08 Å². The molecule has 0 saturated heterocycles. The number of phenolic OH excluding ortho intramolecular Hbond substituents is 1. The Hall–Kier alpha value is -2.23. The van der Waals surface area contributed by atoms with Crippen LogP contribution in [0.4, 0.5) is 13.2 Å². The van der Waals surface area contributed by atoms with E-state index < -0.39 is 12.1 Å². The van der Waals surface area contributed by atoms with Crippen molar-refractivity contribution in [2.24, 2.45) is 5.92 Å². The fraction of sp³-hybridized carbons (Fsp3) is 0.417. The number of hydrogen-bond acceptors (Lipinski definition) is 1. The van der Waals surface area contributed by atoms with Gasteiger partial charge in [-0.3, -0.25) is 0 Å². The molecule has 0 bridgehead atoms. The van der Waals surface area contributed by atoms with Crippen molar-refractivity contribution < 1.29 is 18.3 Å². The predicted molar refractivity (Wildman–Crippen MR) is 110 cm³/mol. The minimum Gasteiger partial charge on any atom is -0.508 e. The fourth-order valence-corrected chi connectivity index (χ4v) is 3.70. The van der Waals surface area contributed by atoms with Gasteiger partial charge < -0.3 is 5.11 Å². The maximum Gasteiger partial charge on any atom is 0.394 e. The molecule has 152 valence electrons. The molecule has 0 spiro atoms. The largest absolute Gasteiger partial charge is 0.508 e. The first-order valence-corrected chi connectivity index (χ1v) is 9.71. The molecule has 0 heterocycles. The fourth-order valence-electron chi connectivity index (χ4n) is 3.70. The van der Waals surface area contributed by atoms with Gasteiger partial charge in [0.15, 0.2) is 0 Å². The minimum absolute atomic E-state index is 0.204. The molecular weight excluding hydrogens is 361 g/mol. The van der Waals surface area contributed by atoms with E-state index in [0.717, 1.165) is 47.6 Å². The van der Waals surface area contributed by atoms with Gasteiger partial charge in [0, 0.05) is 5.41 Å². The summed E-state index contributed by atoms with van der Waals surface area (Å²) in [5.41, 5.74) is 4.65. The lowest BCUT2D eigenvalue weighted by atomic mass is 9.70. The molecule has 0 aliphatic carbocycles. The zero-order valence-electron chi connectivity index (χ0n) is 17.2. The number of phenols is 1. The van der Waals surface area contributed by atoms with Gasteiger partial charge >= 0.3 is 6.18 Å². The monoisotopic (exact) mass is 390 g/mol. The molecule has 1 nitrogen and oxygen atoms in total. The number of halogens is 3.